The van der Waals surface area contributed by atoms with Gasteiger partial charge in [0.15, 0.2) is 0 Å². The standard InChI is InChI=1S/C44H85NO4/c1-4-6-8-10-12-14-16-18-19-20-21-22-23-24-25-27-29-31-33-35-37-39-44(47)45-42(40-46)43(49-41-48-3)38-36-34-32-30-28-26-17-15-13-11-9-7-5-2/h18-19,36,38,42-43,46H,4-17,20-35,37,39-41H2,1-3H3,(H,45,47)/b19-18-,38-36+/t42-,43+/m0/s1. The first-order valence-electron chi connectivity index (χ1n) is 21.5. The van der Waals surface area contributed by atoms with Crippen molar-refractivity contribution in [2.75, 3.05) is 20.5 Å². The van der Waals surface area contributed by atoms with Crippen LogP contribution in [0.5, 0.6) is 0 Å². The second kappa shape index (κ2) is 41.3. The fraction of sp³-hybridized carbons (Fsp3) is 0.886. The van der Waals surface area contributed by atoms with Crippen LogP contribution in [0.25, 0.3) is 0 Å². The Kier molecular flexibility index (Phi) is 40.3. The van der Waals surface area contributed by atoms with E-state index in [2.05, 4.69) is 37.4 Å². The van der Waals surface area contributed by atoms with Gasteiger partial charge in [0.2, 0.25) is 5.91 Å². The first-order valence-corrected chi connectivity index (χ1v) is 21.5. The van der Waals surface area contributed by atoms with E-state index in [1.807, 2.05) is 6.08 Å². The summed E-state index contributed by atoms with van der Waals surface area (Å²) in [6.45, 7) is 4.54. The number of methoxy groups -OCH3 is 1. The van der Waals surface area contributed by atoms with Gasteiger partial charge in [0.1, 0.15) is 12.9 Å². The third-order valence-corrected chi connectivity index (χ3v) is 9.78. The van der Waals surface area contributed by atoms with Crippen LogP contribution >= 0.6 is 0 Å². The van der Waals surface area contributed by atoms with E-state index in [-0.39, 0.29) is 19.3 Å². The number of rotatable bonds is 40. The summed E-state index contributed by atoms with van der Waals surface area (Å²) < 4.78 is 10.9. The molecular formula is C44H85NO4. The summed E-state index contributed by atoms with van der Waals surface area (Å²) in [6, 6.07) is -0.456. The highest BCUT2D eigenvalue weighted by atomic mass is 16.7. The van der Waals surface area contributed by atoms with Gasteiger partial charge in [0.05, 0.1) is 12.6 Å². The van der Waals surface area contributed by atoms with Crippen molar-refractivity contribution in [3.63, 3.8) is 0 Å². The van der Waals surface area contributed by atoms with Crippen LogP contribution in [-0.2, 0) is 14.3 Å². The van der Waals surface area contributed by atoms with Gasteiger partial charge in [-0.2, -0.15) is 0 Å². The third kappa shape index (κ3) is 36.4. The lowest BCUT2D eigenvalue weighted by Gasteiger charge is -2.24. The fourth-order valence-electron chi connectivity index (χ4n) is 6.54. The van der Waals surface area contributed by atoms with Gasteiger partial charge in [-0.3, -0.25) is 4.79 Å². The van der Waals surface area contributed by atoms with E-state index < -0.39 is 12.1 Å². The van der Waals surface area contributed by atoms with Crippen LogP contribution in [0.1, 0.15) is 219 Å². The molecule has 0 fully saturated rings. The van der Waals surface area contributed by atoms with Gasteiger partial charge in [-0.25, -0.2) is 0 Å². The maximum absolute atomic E-state index is 12.6. The molecule has 0 unspecified atom stereocenters. The minimum Gasteiger partial charge on any atom is -0.394 e. The van der Waals surface area contributed by atoms with Crippen molar-refractivity contribution in [3.05, 3.63) is 24.3 Å². The van der Waals surface area contributed by atoms with Crippen LogP contribution in [0, 0.1) is 0 Å². The molecule has 0 spiro atoms. The fourth-order valence-corrected chi connectivity index (χ4v) is 6.54. The summed E-state index contributed by atoms with van der Waals surface area (Å²) in [4.78, 5) is 12.6. The number of unbranched alkanes of at least 4 members (excludes halogenated alkanes) is 28. The Hall–Kier alpha value is -1.17. The molecule has 290 valence electrons. The van der Waals surface area contributed by atoms with E-state index in [9.17, 15) is 9.90 Å². The number of hydrogen-bond acceptors (Lipinski definition) is 4. The highest BCUT2D eigenvalue weighted by molar-refractivity contribution is 5.76. The molecule has 0 aromatic carbocycles. The Labute approximate surface area is 306 Å². The number of allylic oxidation sites excluding steroid dienone is 3. The highest BCUT2D eigenvalue weighted by Crippen LogP contribution is 2.15. The van der Waals surface area contributed by atoms with Gasteiger partial charge in [-0.05, 0) is 44.9 Å². The largest absolute Gasteiger partial charge is 0.394 e. The molecular weight excluding hydrogens is 606 g/mol. The van der Waals surface area contributed by atoms with E-state index in [1.165, 1.54) is 173 Å². The first kappa shape index (κ1) is 47.8. The van der Waals surface area contributed by atoms with Crippen molar-refractivity contribution in [2.45, 2.75) is 231 Å². The summed E-state index contributed by atoms with van der Waals surface area (Å²) in [5, 5.41) is 13.0. The van der Waals surface area contributed by atoms with Gasteiger partial charge in [-0.15, -0.1) is 0 Å². The van der Waals surface area contributed by atoms with Crippen LogP contribution in [0.4, 0.5) is 0 Å². The minimum atomic E-state index is -0.456. The van der Waals surface area contributed by atoms with Crippen LogP contribution in [0.3, 0.4) is 0 Å². The number of aliphatic hydroxyl groups excluding tert-OH is 1. The molecule has 0 aliphatic rings. The molecule has 0 aromatic rings. The molecule has 0 aliphatic heterocycles. The number of hydrogen-bond donors (Lipinski definition) is 2. The van der Waals surface area contributed by atoms with Crippen LogP contribution < -0.4 is 5.32 Å². The van der Waals surface area contributed by atoms with Crippen LogP contribution in [-0.4, -0.2) is 43.7 Å². The average molecular weight is 692 g/mol. The number of aliphatic hydroxyl groups is 1. The molecule has 0 aromatic heterocycles. The Morgan fingerprint density at radius 1 is 0.551 bits per heavy atom. The zero-order valence-corrected chi connectivity index (χ0v) is 33.2. The SMILES string of the molecule is CCCCCCCC/C=C\CCCCCCCCCCCCCC(=O)N[C@@H](CO)[C@@H](/C=C/CCCCCCCCCCCCC)OCOC. The van der Waals surface area contributed by atoms with Gasteiger partial charge in [-0.1, -0.05) is 192 Å². The van der Waals surface area contributed by atoms with Crippen molar-refractivity contribution in [1.29, 1.82) is 0 Å². The predicted molar refractivity (Wildman–Crippen MR) is 213 cm³/mol. The van der Waals surface area contributed by atoms with Crippen molar-refractivity contribution in [3.8, 4) is 0 Å². The lowest BCUT2D eigenvalue weighted by molar-refractivity contribution is -0.125. The topological polar surface area (TPSA) is 67.8 Å². The summed E-state index contributed by atoms with van der Waals surface area (Å²) in [5.41, 5.74) is 0. The maximum atomic E-state index is 12.6. The molecule has 0 heterocycles. The summed E-state index contributed by atoms with van der Waals surface area (Å²) in [6.07, 6.45) is 49.6. The third-order valence-electron chi connectivity index (χ3n) is 9.78. The molecule has 0 radical (unpaired) electrons. The number of carbonyl (C=O) groups is 1. The van der Waals surface area contributed by atoms with Crippen molar-refractivity contribution < 1.29 is 19.4 Å². The molecule has 1 amide bonds. The van der Waals surface area contributed by atoms with E-state index in [0.29, 0.717) is 6.42 Å². The molecule has 5 nitrogen and oxygen atoms in total. The lowest BCUT2D eigenvalue weighted by atomic mass is 10.0. The Morgan fingerprint density at radius 2 is 0.918 bits per heavy atom. The predicted octanol–water partition coefficient (Wildman–Crippen LogP) is 13.1. The maximum Gasteiger partial charge on any atom is 0.220 e. The van der Waals surface area contributed by atoms with Crippen LogP contribution in [0.2, 0.25) is 0 Å². The Morgan fingerprint density at radius 3 is 1.31 bits per heavy atom. The van der Waals surface area contributed by atoms with E-state index in [4.69, 9.17) is 9.47 Å². The first-order chi connectivity index (χ1) is 24.2. The number of carbonyl (C=O) groups excluding carboxylic acids is 1. The molecule has 0 saturated carbocycles. The zero-order chi connectivity index (χ0) is 35.7. The van der Waals surface area contributed by atoms with Gasteiger partial charge < -0.3 is 19.9 Å². The molecule has 5 heteroatoms. The van der Waals surface area contributed by atoms with Crippen LogP contribution in [0.15, 0.2) is 24.3 Å². The zero-order valence-electron chi connectivity index (χ0n) is 33.2. The van der Waals surface area contributed by atoms with E-state index in [0.717, 1.165) is 25.7 Å². The van der Waals surface area contributed by atoms with Crippen molar-refractivity contribution in [1.82, 2.24) is 5.32 Å². The molecule has 0 aliphatic carbocycles. The van der Waals surface area contributed by atoms with Gasteiger partial charge in [0, 0.05) is 13.5 Å². The molecule has 2 N–H and O–H groups in total. The summed E-state index contributed by atoms with van der Waals surface area (Å²) >= 11 is 0. The summed E-state index contributed by atoms with van der Waals surface area (Å²) in [7, 11) is 1.59. The van der Waals surface area contributed by atoms with E-state index in [1.54, 1.807) is 7.11 Å². The molecule has 49 heavy (non-hydrogen) atoms. The second-order valence-corrected chi connectivity index (χ2v) is 14.6. The van der Waals surface area contributed by atoms with Crippen molar-refractivity contribution in [2.24, 2.45) is 0 Å². The lowest BCUT2D eigenvalue weighted by Crippen LogP contribution is -2.46. The Bertz CT molecular complexity index is 709. The second-order valence-electron chi connectivity index (χ2n) is 14.6. The molecule has 0 saturated heterocycles. The average Bonchev–Trinajstić information content (AvgIpc) is 3.11. The molecule has 2 atom stereocenters. The summed E-state index contributed by atoms with van der Waals surface area (Å²) in [5.74, 6) is -0.00266. The van der Waals surface area contributed by atoms with Gasteiger partial charge >= 0.3 is 0 Å². The quantitative estimate of drug-likeness (QED) is 0.0381. The van der Waals surface area contributed by atoms with Gasteiger partial charge in [0.25, 0.3) is 0 Å². The monoisotopic (exact) mass is 692 g/mol. The number of amides is 1. The smallest absolute Gasteiger partial charge is 0.220 e. The number of nitrogens with one attached hydrogen (secondary N) is 1. The highest BCUT2D eigenvalue weighted by Gasteiger charge is 2.21. The normalized spacial score (nSPS) is 13.1. The van der Waals surface area contributed by atoms with E-state index >= 15 is 0 Å². The Balaban J connectivity index is 3.82. The molecule has 0 rings (SSSR count). The number of ether oxygens (including phenoxy) is 2. The minimum absolute atomic E-state index is 0.00266. The molecule has 0 bridgehead atoms. The van der Waals surface area contributed by atoms with Crippen molar-refractivity contribution >= 4 is 5.91 Å².